The molecule has 1 aromatic rings. The second-order valence-corrected chi connectivity index (χ2v) is 4.51. The van der Waals surface area contributed by atoms with E-state index in [1.54, 1.807) is 0 Å². The average Bonchev–Trinajstić information content (AvgIpc) is 2.25. The van der Waals surface area contributed by atoms with Crippen LogP contribution in [-0.2, 0) is 6.42 Å². The maximum absolute atomic E-state index is 5.80. The van der Waals surface area contributed by atoms with E-state index in [0.29, 0.717) is 0 Å². The molecule has 1 aliphatic rings. The molecule has 1 aliphatic heterocycles. The molecule has 0 radical (unpaired) electrons. The molecule has 0 aromatic heterocycles. The summed E-state index contributed by atoms with van der Waals surface area (Å²) >= 11 is 0. The predicted octanol–water partition coefficient (Wildman–Crippen LogP) is 3.04. The zero-order valence-electron chi connectivity index (χ0n) is 9.42. The van der Waals surface area contributed by atoms with Gasteiger partial charge in [0.2, 0.25) is 0 Å². The molecule has 2 nitrogen and oxygen atoms in total. The maximum atomic E-state index is 5.80. The zero-order valence-corrected chi connectivity index (χ0v) is 9.42. The second-order valence-electron chi connectivity index (χ2n) is 4.51. The standard InChI is InChI=1S/C13H20N2/c1-2-3-4-10-7-11-8-12(14)5-6-13(11)15-9-10/h5-6,8,10,15H,2-4,7,9,14H2,1H3. The van der Waals surface area contributed by atoms with E-state index in [2.05, 4.69) is 24.4 Å². The summed E-state index contributed by atoms with van der Waals surface area (Å²) in [5, 5.41) is 3.49. The molecule has 15 heavy (non-hydrogen) atoms. The largest absolute Gasteiger partial charge is 0.399 e. The molecule has 2 heteroatoms. The summed E-state index contributed by atoms with van der Waals surface area (Å²) in [6.07, 6.45) is 5.15. The van der Waals surface area contributed by atoms with Crippen molar-refractivity contribution >= 4 is 11.4 Å². The third-order valence-corrected chi connectivity index (χ3v) is 3.19. The number of benzene rings is 1. The van der Waals surface area contributed by atoms with Gasteiger partial charge >= 0.3 is 0 Å². The Kier molecular flexibility index (Phi) is 3.14. The molecule has 1 atom stereocenters. The van der Waals surface area contributed by atoms with Crippen LogP contribution < -0.4 is 11.1 Å². The van der Waals surface area contributed by atoms with Gasteiger partial charge in [-0.3, -0.25) is 0 Å². The van der Waals surface area contributed by atoms with Crippen LogP contribution in [0.15, 0.2) is 18.2 Å². The molecule has 1 aromatic carbocycles. The van der Waals surface area contributed by atoms with E-state index in [9.17, 15) is 0 Å². The van der Waals surface area contributed by atoms with Gasteiger partial charge in [0.15, 0.2) is 0 Å². The first-order chi connectivity index (χ1) is 7.29. The fourth-order valence-corrected chi connectivity index (χ4v) is 2.29. The lowest BCUT2D eigenvalue weighted by atomic mass is 9.90. The normalized spacial score (nSPS) is 19.4. The van der Waals surface area contributed by atoms with Gasteiger partial charge in [-0.25, -0.2) is 0 Å². The van der Waals surface area contributed by atoms with Crippen molar-refractivity contribution in [2.75, 3.05) is 17.6 Å². The van der Waals surface area contributed by atoms with Crippen LogP contribution in [0.5, 0.6) is 0 Å². The molecule has 0 aliphatic carbocycles. The molecule has 0 amide bonds. The van der Waals surface area contributed by atoms with E-state index in [1.807, 2.05) is 6.07 Å². The first kappa shape index (κ1) is 10.3. The van der Waals surface area contributed by atoms with E-state index in [-0.39, 0.29) is 0 Å². The highest BCUT2D eigenvalue weighted by Gasteiger charge is 2.17. The maximum Gasteiger partial charge on any atom is 0.0374 e. The van der Waals surface area contributed by atoms with Crippen molar-refractivity contribution in [2.24, 2.45) is 5.92 Å². The minimum absolute atomic E-state index is 0.791. The third kappa shape index (κ3) is 2.44. The summed E-state index contributed by atoms with van der Waals surface area (Å²) in [6.45, 7) is 3.37. The molecule has 3 N–H and O–H groups in total. The van der Waals surface area contributed by atoms with Crippen LogP contribution in [0, 0.1) is 5.92 Å². The number of anilines is 2. The summed E-state index contributed by atoms with van der Waals surface area (Å²) in [6, 6.07) is 6.18. The van der Waals surface area contributed by atoms with Gasteiger partial charge in [-0.05, 0) is 42.5 Å². The van der Waals surface area contributed by atoms with Crippen LogP contribution in [0.1, 0.15) is 31.7 Å². The van der Waals surface area contributed by atoms with Gasteiger partial charge in [0.05, 0.1) is 0 Å². The second kappa shape index (κ2) is 4.56. The molecular weight excluding hydrogens is 184 g/mol. The van der Waals surface area contributed by atoms with Crippen molar-refractivity contribution in [3.05, 3.63) is 23.8 Å². The van der Waals surface area contributed by atoms with Crippen molar-refractivity contribution in [1.29, 1.82) is 0 Å². The number of nitrogens with one attached hydrogen (secondary N) is 1. The Hall–Kier alpha value is -1.18. The van der Waals surface area contributed by atoms with Crippen molar-refractivity contribution in [3.63, 3.8) is 0 Å². The molecular formula is C13H20N2. The van der Waals surface area contributed by atoms with Gasteiger partial charge in [0.25, 0.3) is 0 Å². The smallest absolute Gasteiger partial charge is 0.0374 e. The fourth-order valence-electron chi connectivity index (χ4n) is 2.29. The van der Waals surface area contributed by atoms with Crippen LogP contribution >= 0.6 is 0 Å². The summed E-state index contributed by atoms with van der Waals surface area (Å²) in [7, 11) is 0. The van der Waals surface area contributed by atoms with Gasteiger partial charge in [0, 0.05) is 17.9 Å². The van der Waals surface area contributed by atoms with Gasteiger partial charge in [-0.2, -0.15) is 0 Å². The van der Waals surface area contributed by atoms with E-state index in [0.717, 1.165) is 18.2 Å². The summed E-state index contributed by atoms with van der Waals surface area (Å²) < 4.78 is 0. The lowest BCUT2D eigenvalue weighted by Crippen LogP contribution is -2.23. The van der Waals surface area contributed by atoms with Gasteiger partial charge in [-0.1, -0.05) is 19.8 Å². The van der Waals surface area contributed by atoms with Crippen molar-refractivity contribution in [1.82, 2.24) is 0 Å². The zero-order chi connectivity index (χ0) is 10.7. The Morgan fingerprint density at radius 3 is 3.13 bits per heavy atom. The Morgan fingerprint density at radius 1 is 1.47 bits per heavy atom. The van der Waals surface area contributed by atoms with Crippen LogP contribution in [0.2, 0.25) is 0 Å². The number of hydrogen-bond donors (Lipinski definition) is 2. The van der Waals surface area contributed by atoms with Crippen molar-refractivity contribution in [2.45, 2.75) is 32.6 Å². The number of nitrogens with two attached hydrogens (primary N) is 1. The summed E-state index contributed by atoms with van der Waals surface area (Å²) in [4.78, 5) is 0. The highest BCUT2D eigenvalue weighted by molar-refractivity contribution is 5.59. The molecule has 1 heterocycles. The first-order valence-electron chi connectivity index (χ1n) is 5.92. The molecule has 0 bridgehead atoms. The van der Waals surface area contributed by atoms with Crippen LogP contribution in [-0.4, -0.2) is 6.54 Å². The highest BCUT2D eigenvalue weighted by atomic mass is 14.9. The summed E-state index contributed by atoms with van der Waals surface area (Å²) in [5.41, 5.74) is 9.35. The van der Waals surface area contributed by atoms with E-state index in [4.69, 9.17) is 5.73 Å². The lowest BCUT2D eigenvalue weighted by Gasteiger charge is -2.26. The van der Waals surface area contributed by atoms with Crippen LogP contribution in [0.3, 0.4) is 0 Å². The van der Waals surface area contributed by atoms with Gasteiger partial charge in [0.1, 0.15) is 0 Å². The topological polar surface area (TPSA) is 38.0 Å². The minimum Gasteiger partial charge on any atom is -0.399 e. The Morgan fingerprint density at radius 2 is 2.33 bits per heavy atom. The van der Waals surface area contributed by atoms with Gasteiger partial charge < -0.3 is 11.1 Å². The molecule has 0 saturated carbocycles. The van der Waals surface area contributed by atoms with Crippen LogP contribution in [0.25, 0.3) is 0 Å². The predicted molar refractivity (Wildman–Crippen MR) is 66.1 cm³/mol. The lowest BCUT2D eigenvalue weighted by molar-refractivity contribution is 0.474. The number of nitrogen functional groups attached to an aromatic ring is 1. The quantitative estimate of drug-likeness (QED) is 0.743. The highest BCUT2D eigenvalue weighted by Crippen LogP contribution is 2.28. The fraction of sp³-hybridized carbons (Fsp3) is 0.538. The van der Waals surface area contributed by atoms with Crippen molar-refractivity contribution in [3.8, 4) is 0 Å². The number of hydrogen-bond acceptors (Lipinski definition) is 2. The molecule has 0 fully saturated rings. The molecule has 0 saturated heterocycles. The minimum atomic E-state index is 0.791. The number of rotatable bonds is 3. The van der Waals surface area contributed by atoms with E-state index >= 15 is 0 Å². The van der Waals surface area contributed by atoms with E-state index < -0.39 is 0 Å². The molecule has 2 rings (SSSR count). The SMILES string of the molecule is CCCCC1CNc2ccc(N)cc2C1. The monoisotopic (exact) mass is 204 g/mol. The third-order valence-electron chi connectivity index (χ3n) is 3.19. The molecule has 0 spiro atoms. The Bertz CT molecular complexity index is 333. The molecule has 1 unspecified atom stereocenters. The average molecular weight is 204 g/mol. The first-order valence-corrected chi connectivity index (χ1v) is 5.92. The number of fused-ring (bicyclic) bond motifs is 1. The van der Waals surface area contributed by atoms with Gasteiger partial charge in [-0.15, -0.1) is 0 Å². The van der Waals surface area contributed by atoms with Crippen LogP contribution in [0.4, 0.5) is 11.4 Å². The molecule has 82 valence electrons. The Labute approximate surface area is 91.9 Å². The van der Waals surface area contributed by atoms with E-state index in [1.165, 1.54) is 36.9 Å². The number of unbranched alkanes of at least 4 members (excludes halogenated alkanes) is 1. The van der Waals surface area contributed by atoms with Crippen molar-refractivity contribution < 1.29 is 0 Å². The summed E-state index contributed by atoms with van der Waals surface area (Å²) in [5.74, 6) is 0.791. The Balaban J connectivity index is 2.05.